The average Bonchev–Trinajstić information content (AvgIpc) is 3.03. The number of nitrogens with zero attached hydrogens (tertiary/aromatic N) is 3. The number of carbonyl (C=O) groups is 1. The molecule has 28 heavy (non-hydrogen) atoms. The van der Waals surface area contributed by atoms with E-state index in [1.54, 1.807) is 0 Å². The van der Waals surface area contributed by atoms with E-state index in [0.717, 1.165) is 28.0 Å². The molecule has 0 fully saturated rings. The second-order valence-corrected chi connectivity index (χ2v) is 8.43. The number of aromatic nitrogens is 3. The topological polar surface area (TPSA) is 73.9 Å². The number of carbonyl (C=O) groups excluding carboxylic acids is 1. The van der Waals surface area contributed by atoms with Crippen molar-refractivity contribution in [2.45, 2.75) is 40.2 Å². The highest BCUT2D eigenvalue weighted by atomic mass is 16.2. The molecule has 1 amide bonds. The van der Waals surface area contributed by atoms with Gasteiger partial charge in [-0.1, -0.05) is 39.0 Å². The number of nitrogens with one attached hydrogen (secondary N) is 2. The Morgan fingerprint density at radius 1 is 1.21 bits per heavy atom. The van der Waals surface area contributed by atoms with Crippen LogP contribution in [0.5, 0.6) is 0 Å². The summed E-state index contributed by atoms with van der Waals surface area (Å²) in [6, 6.07) is 9.90. The van der Waals surface area contributed by atoms with Gasteiger partial charge in [0.1, 0.15) is 11.6 Å². The molecule has 0 unspecified atom stereocenters. The van der Waals surface area contributed by atoms with E-state index in [1.807, 2.05) is 71.1 Å². The molecule has 148 valence electrons. The van der Waals surface area contributed by atoms with Gasteiger partial charge < -0.3 is 15.2 Å². The Labute approximate surface area is 166 Å². The highest BCUT2D eigenvalue weighted by Crippen LogP contribution is 2.26. The monoisotopic (exact) mass is 379 g/mol. The zero-order chi connectivity index (χ0) is 20.5. The standard InChI is InChI=1S/C22H29N5O/c1-14-24-19(12-20(25-14)27(5)6)18(26-21(28)22(2,3)4)11-15-13-23-17-10-8-7-9-16(15)17/h7-10,12-13,18,23H,11H2,1-6H3,(H,26,28)/t18-/m1/s1. The number of para-hydroxylation sites is 1. The predicted molar refractivity (Wildman–Crippen MR) is 113 cm³/mol. The zero-order valence-corrected chi connectivity index (χ0v) is 17.5. The highest BCUT2D eigenvalue weighted by molar-refractivity contribution is 5.84. The van der Waals surface area contributed by atoms with Gasteiger partial charge in [0.2, 0.25) is 5.91 Å². The number of benzene rings is 1. The summed E-state index contributed by atoms with van der Waals surface area (Å²) in [5.41, 5.74) is 2.58. The summed E-state index contributed by atoms with van der Waals surface area (Å²) in [5.74, 6) is 1.52. The van der Waals surface area contributed by atoms with Crippen molar-refractivity contribution in [3.63, 3.8) is 0 Å². The quantitative estimate of drug-likeness (QED) is 0.707. The molecule has 0 spiro atoms. The van der Waals surface area contributed by atoms with Gasteiger partial charge in [0, 0.05) is 49.1 Å². The molecular formula is C22H29N5O. The third-order valence-electron chi connectivity index (χ3n) is 4.74. The number of H-pyrrole nitrogens is 1. The Morgan fingerprint density at radius 3 is 2.61 bits per heavy atom. The highest BCUT2D eigenvalue weighted by Gasteiger charge is 2.26. The number of anilines is 1. The molecule has 2 aromatic heterocycles. The second kappa shape index (κ2) is 7.62. The van der Waals surface area contributed by atoms with Crippen LogP contribution in [0.1, 0.15) is 43.9 Å². The van der Waals surface area contributed by atoms with Gasteiger partial charge in [0.05, 0.1) is 11.7 Å². The Kier molecular flexibility index (Phi) is 5.40. The lowest BCUT2D eigenvalue weighted by Gasteiger charge is -2.25. The van der Waals surface area contributed by atoms with Crippen LogP contribution < -0.4 is 10.2 Å². The van der Waals surface area contributed by atoms with Crippen molar-refractivity contribution in [1.82, 2.24) is 20.3 Å². The van der Waals surface area contributed by atoms with Gasteiger partial charge in [-0.3, -0.25) is 4.79 Å². The molecule has 1 aromatic carbocycles. The minimum absolute atomic E-state index is 0.00000892. The third kappa shape index (κ3) is 4.32. The van der Waals surface area contributed by atoms with Gasteiger partial charge in [-0.05, 0) is 18.6 Å². The first-order valence-electron chi connectivity index (χ1n) is 9.54. The molecule has 2 heterocycles. The van der Waals surface area contributed by atoms with Gasteiger partial charge in [-0.15, -0.1) is 0 Å². The van der Waals surface area contributed by atoms with Crippen LogP contribution in [-0.2, 0) is 11.2 Å². The number of hydrogen-bond acceptors (Lipinski definition) is 4. The molecule has 0 aliphatic heterocycles. The summed E-state index contributed by atoms with van der Waals surface area (Å²) in [6.45, 7) is 7.63. The summed E-state index contributed by atoms with van der Waals surface area (Å²) in [5, 5.41) is 4.37. The largest absolute Gasteiger partial charge is 0.363 e. The van der Waals surface area contributed by atoms with E-state index in [9.17, 15) is 4.79 Å². The summed E-state index contributed by atoms with van der Waals surface area (Å²) in [7, 11) is 3.90. The molecule has 3 rings (SSSR count). The van der Waals surface area contributed by atoms with Gasteiger partial charge in [0.15, 0.2) is 0 Å². The lowest BCUT2D eigenvalue weighted by atomic mass is 9.94. The predicted octanol–water partition coefficient (Wildman–Crippen LogP) is 3.78. The molecule has 0 aliphatic carbocycles. The van der Waals surface area contributed by atoms with Crippen molar-refractivity contribution in [2.24, 2.45) is 5.41 Å². The SMILES string of the molecule is Cc1nc([C@@H](Cc2c[nH]c3ccccc23)NC(=O)C(C)(C)C)cc(N(C)C)n1. The Bertz CT molecular complexity index is 984. The first-order chi connectivity index (χ1) is 13.1. The van der Waals surface area contributed by atoms with Crippen LogP contribution in [0.15, 0.2) is 36.5 Å². The van der Waals surface area contributed by atoms with Crippen LogP contribution in [0, 0.1) is 12.3 Å². The maximum Gasteiger partial charge on any atom is 0.225 e. The molecule has 6 nitrogen and oxygen atoms in total. The van der Waals surface area contributed by atoms with Crippen LogP contribution in [0.4, 0.5) is 5.82 Å². The van der Waals surface area contributed by atoms with E-state index in [1.165, 1.54) is 0 Å². The first-order valence-corrected chi connectivity index (χ1v) is 9.54. The van der Waals surface area contributed by atoms with E-state index < -0.39 is 5.41 Å². The first kappa shape index (κ1) is 19.9. The smallest absolute Gasteiger partial charge is 0.225 e. The lowest BCUT2D eigenvalue weighted by molar-refractivity contribution is -0.129. The number of amides is 1. The zero-order valence-electron chi connectivity index (χ0n) is 17.5. The minimum Gasteiger partial charge on any atom is -0.363 e. The second-order valence-electron chi connectivity index (χ2n) is 8.43. The fraction of sp³-hybridized carbons (Fsp3) is 0.409. The summed E-state index contributed by atoms with van der Waals surface area (Å²) in [6.07, 6.45) is 2.66. The van der Waals surface area contributed by atoms with Gasteiger partial charge in [-0.25, -0.2) is 9.97 Å². The van der Waals surface area contributed by atoms with Crippen LogP contribution in [0.2, 0.25) is 0 Å². The van der Waals surface area contributed by atoms with Crippen molar-refractivity contribution in [1.29, 1.82) is 0 Å². The molecule has 0 bridgehead atoms. The molecular weight excluding hydrogens is 350 g/mol. The van der Waals surface area contributed by atoms with E-state index >= 15 is 0 Å². The van der Waals surface area contributed by atoms with Gasteiger partial charge in [0.25, 0.3) is 0 Å². The van der Waals surface area contributed by atoms with Crippen molar-refractivity contribution >= 4 is 22.6 Å². The number of fused-ring (bicyclic) bond motifs is 1. The average molecular weight is 380 g/mol. The van der Waals surface area contributed by atoms with Crippen molar-refractivity contribution in [3.8, 4) is 0 Å². The Hall–Kier alpha value is -2.89. The minimum atomic E-state index is -0.481. The molecule has 1 atom stereocenters. The van der Waals surface area contributed by atoms with Crippen LogP contribution >= 0.6 is 0 Å². The van der Waals surface area contributed by atoms with Crippen LogP contribution in [-0.4, -0.2) is 35.0 Å². The molecule has 0 saturated carbocycles. The lowest BCUT2D eigenvalue weighted by Crippen LogP contribution is -2.38. The van der Waals surface area contributed by atoms with Crippen LogP contribution in [0.3, 0.4) is 0 Å². The number of aryl methyl sites for hydroxylation is 1. The molecule has 0 radical (unpaired) electrons. The fourth-order valence-electron chi connectivity index (χ4n) is 3.11. The van der Waals surface area contributed by atoms with Crippen LogP contribution in [0.25, 0.3) is 10.9 Å². The summed E-state index contributed by atoms with van der Waals surface area (Å²) >= 11 is 0. The van der Waals surface area contributed by atoms with Gasteiger partial charge in [-0.2, -0.15) is 0 Å². The maximum absolute atomic E-state index is 12.8. The van der Waals surface area contributed by atoms with E-state index in [4.69, 9.17) is 0 Å². The van der Waals surface area contributed by atoms with Gasteiger partial charge >= 0.3 is 0 Å². The third-order valence-corrected chi connectivity index (χ3v) is 4.74. The fourth-order valence-corrected chi connectivity index (χ4v) is 3.11. The van der Waals surface area contributed by atoms with E-state index in [-0.39, 0.29) is 11.9 Å². The van der Waals surface area contributed by atoms with Crippen molar-refractivity contribution in [2.75, 3.05) is 19.0 Å². The molecule has 0 saturated heterocycles. The van der Waals surface area contributed by atoms with E-state index in [0.29, 0.717) is 12.2 Å². The maximum atomic E-state index is 12.8. The normalized spacial score (nSPS) is 12.8. The summed E-state index contributed by atoms with van der Waals surface area (Å²) in [4.78, 5) is 27.2. The molecule has 3 aromatic rings. The number of hydrogen-bond donors (Lipinski definition) is 2. The number of aromatic amines is 1. The summed E-state index contributed by atoms with van der Waals surface area (Å²) < 4.78 is 0. The number of rotatable bonds is 5. The molecule has 2 N–H and O–H groups in total. The van der Waals surface area contributed by atoms with E-state index in [2.05, 4.69) is 32.4 Å². The molecule has 6 heteroatoms. The van der Waals surface area contributed by atoms with Crippen molar-refractivity contribution in [3.05, 3.63) is 53.6 Å². The Morgan fingerprint density at radius 2 is 1.93 bits per heavy atom. The molecule has 0 aliphatic rings. The van der Waals surface area contributed by atoms with Crippen molar-refractivity contribution < 1.29 is 4.79 Å². The Balaban J connectivity index is 2.01.